The summed E-state index contributed by atoms with van der Waals surface area (Å²) in [6.07, 6.45) is -9.90. The van der Waals surface area contributed by atoms with Gasteiger partial charge in [-0.3, -0.25) is 9.32 Å². The van der Waals surface area contributed by atoms with Crippen LogP contribution in [0, 0.1) is 0 Å². The number of aliphatic hydroxyl groups excluding tert-OH is 5. The molecule has 3 aliphatic heterocycles. The van der Waals surface area contributed by atoms with Crippen molar-refractivity contribution < 1.29 is 53.6 Å². The van der Waals surface area contributed by atoms with Gasteiger partial charge in [0, 0.05) is 0 Å². The summed E-state index contributed by atoms with van der Waals surface area (Å²) < 4.78 is 24.5. The second-order valence-corrected chi connectivity index (χ2v) is 5.90. The molecule has 0 aromatic rings. The summed E-state index contributed by atoms with van der Waals surface area (Å²) >= 11 is 0. The Bertz CT molecular complexity index is 461. The average Bonchev–Trinajstić information content (AvgIpc) is 2.79. The van der Waals surface area contributed by atoms with Crippen LogP contribution in [0.25, 0.3) is 0 Å². The van der Waals surface area contributed by atoms with Gasteiger partial charge in [-0.15, -0.1) is 0 Å². The monoisotopic (exact) mass is 331 g/mol. The fourth-order valence-corrected chi connectivity index (χ4v) is 3.05. The highest BCUT2D eigenvalue weighted by molar-refractivity contribution is 7.50. The minimum atomic E-state index is -3.90. The molecule has 0 saturated carbocycles. The quantitative estimate of drug-likeness (QED) is 0.233. The van der Waals surface area contributed by atoms with Crippen LogP contribution in [-0.4, -0.2) is 79.8 Å². The van der Waals surface area contributed by atoms with E-state index in [4.69, 9.17) is 10.2 Å². The number of aliphatic hydroxyl groups is 6. The third kappa shape index (κ3) is 2.96. The Hall–Kier alpha value is -0.660. The molecule has 3 heterocycles. The molecule has 0 radical (unpaired) electrons. The largest absolute Gasteiger partial charge is 0.486 e. The van der Waals surface area contributed by atoms with Crippen LogP contribution in [-0.2, 0) is 22.9 Å². The van der Waals surface area contributed by atoms with Crippen LogP contribution in [0.1, 0.15) is 0 Å². The molecule has 3 fully saturated rings. The number of carbonyl (C=O) groups excluding carboxylic acids is 1. The zero-order valence-electron chi connectivity index (χ0n) is 10.3. The highest BCUT2D eigenvalue weighted by Gasteiger charge is 2.72. The predicted octanol–water partition coefficient (Wildman–Crippen LogP) is -4.30. The highest BCUT2D eigenvalue weighted by atomic mass is 31.2. The third-order valence-electron chi connectivity index (χ3n) is 2.85. The van der Waals surface area contributed by atoms with E-state index in [1.54, 1.807) is 0 Å². The van der Waals surface area contributed by atoms with Crippen LogP contribution in [0.5, 0.6) is 0 Å². The van der Waals surface area contributed by atoms with Gasteiger partial charge in [0.1, 0.15) is 18.3 Å². The number of hydrogen-bond donors (Lipinski definition) is 7. The Balaban J connectivity index is 1.93. The molecule has 0 spiro atoms. The number of amides is 1. The highest BCUT2D eigenvalue weighted by Crippen LogP contribution is 2.72. The average molecular weight is 331 g/mol. The summed E-state index contributed by atoms with van der Waals surface area (Å²) in [7, 11) is -3.90. The number of nitrogens with one attached hydrogen (secondary N) is 1. The van der Waals surface area contributed by atoms with Gasteiger partial charge in [0.25, 0.3) is 5.91 Å². The molecule has 7 N–H and O–H groups in total. The van der Waals surface area contributed by atoms with E-state index >= 15 is 0 Å². The van der Waals surface area contributed by atoms with E-state index < -0.39 is 57.0 Å². The van der Waals surface area contributed by atoms with E-state index in [-0.39, 0.29) is 0 Å². The van der Waals surface area contributed by atoms with Gasteiger partial charge in [0.05, 0.1) is 6.61 Å². The molecular weight excluding hydrogens is 317 g/mol. The van der Waals surface area contributed by atoms with Crippen molar-refractivity contribution >= 4 is 13.7 Å². The summed E-state index contributed by atoms with van der Waals surface area (Å²) in [6.45, 7) is -0.914. The number of hydrogen-bond acceptors (Lipinski definition) is 11. The lowest BCUT2D eigenvalue weighted by Crippen LogP contribution is -2.57. The molecule has 5 unspecified atom stereocenters. The Kier molecular flexibility index (Phi) is 4.39. The smallest absolute Gasteiger partial charge is 0.394 e. The van der Waals surface area contributed by atoms with Gasteiger partial charge in [0.15, 0.2) is 6.10 Å². The van der Waals surface area contributed by atoms with E-state index in [9.17, 15) is 29.8 Å². The summed E-state index contributed by atoms with van der Waals surface area (Å²) in [5, 5.41) is 57.3. The minimum absolute atomic E-state index is 0.914. The lowest BCUT2D eigenvalue weighted by atomic mass is 10.0. The van der Waals surface area contributed by atoms with Crippen LogP contribution in [0.3, 0.4) is 0 Å². The molecule has 5 atom stereocenters. The van der Waals surface area contributed by atoms with Crippen LogP contribution in [0.2, 0.25) is 0 Å². The van der Waals surface area contributed by atoms with E-state index in [1.165, 1.54) is 0 Å². The minimum Gasteiger partial charge on any atom is -0.394 e. The number of phosphoric acid groups is 1. The molecule has 21 heavy (non-hydrogen) atoms. The van der Waals surface area contributed by atoms with Crippen molar-refractivity contribution in [1.29, 1.82) is 0 Å². The summed E-state index contributed by atoms with van der Waals surface area (Å²) in [4.78, 5) is 11.6. The number of rotatable bonds is 6. The van der Waals surface area contributed by atoms with E-state index in [1.807, 2.05) is 5.32 Å². The predicted molar refractivity (Wildman–Crippen MR) is 58.9 cm³/mol. The van der Waals surface area contributed by atoms with Crippen molar-refractivity contribution in [3.8, 4) is 0 Å². The van der Waals surface area contributed by atoms with Crippen molar-refractivity contribution in [2.75, 3.05) is 6.61 Å². The molecule has 1 amide bonds. The van der Waals surface area contributed by atoms with E-state index in [2.05, 4.69) is 13.6 Å². The fourth-order valence-electron chi connectivity index (χ4n) is 1.67. The first kappa shape index (κ1) is 16.7. The summed E-state index contributed by atoms with van der Waals surface area (Å²) in [6, 6.07) is 0. The molecule has 0 aliphatic carbocycles. The van der Waals surface area contributed by atoms with Crippen molar-refractivity contribution in [2.45, 2.75) is 36.6 Å². The van der Waals surface area contributed by atoms with Gasteiger partial charge in [0.2, 0.25) is 6.23 Å². The van der Waals surface area contributed by atoms with Crippen molar-refractivity contribution in [1.82, 2.24) is 5.32 Å². The second-order valence-electron chi connectivity index (χ2n) is 4.43. The maximum Gasteiger partial charge on any atom is 0.486 e. The summed E-state index contributed by atoms with van der Waals surface area (Å²) in [5.74, 6) is -3.79. The van der Waals surface area contributed by atoms with Gasteiger partial charge in [-0.25, -0.2) is 13.6 Å². The first-order chi connectivity index (χ1) is 9.62. The van der Waals surface area contributed by atoms with Crippen LogP contribution < -0.4 is 5.32 Å². The van der Waals surface area contributed by atoms with Gasteiger partial charge in [-0.2, -0.15) is 0 Å². The van der Waals surface area contributed by atoms with Crippen molar-refractivity contribution in [3.63, 3.8) is 0 Å². The van der Waals surface area contributed by atoms with Crippen LogP contribution in [0.4, 0.5) is 0 Å². The van der Waals surface area contributed by atoms with Gasteiger partial charge in [-0.05, 0) is 0 Å². The number of fused-ring (bicyclic) bond motifs is 1. The molecule has 3 saturated heterocycles. The zero-order chi connectivity index (χ0) is 16.0. The number of phosphoric ester groups is 1. The first-order valence-corrected chi connectivity index (χ1v) is 7.14. The molecule has 0 aromatic heterocycles. The third-order valence-corrected chi connectivity index (χ3v) is 4.29. The molecular formula is C8H14NO11P. The maximum absolute atomic E-state index is 11.6. The van der Waals surface area contributed by atoms with E-state index in [0.29, 0.717) is 0 Å². The molecule has 13 heteroatoms. The normalized spacial score (nSPS) is 40.0. The molecule has 12 nitrogen and oxygen atoms in total. The number of carbonyl (C=O) groups is 1. The second kappa shape index (κ2) is 5.52. The standard InChI is InChI=1S/C8H14NO11P/c10-1-2(11)3(12)4(13)5(14)6(15)9-7-8(16)19-21(17,18-7)20-8/h2-5,7,10-14,16H,1H2,(H,9,15). The van der Waals surface area contributed by atoms with Crippen molar-refractivity contribution in [3.05, 3.63) is 0 Å². The maximum atomic E-state index is 11.6. The first-order valence-electron chi connectivity index (χ1n) is 5.68. The Morgan fingerprint density at radius 1 is 1.24 bits per heavy atom. The van der Waals surface area contributed by atoms with Gasteiger partial charge >= 0.3 is 13.8 Å². The summed E-state index contributed by atoms with van der Waals surface area (Å²) in [5.41, 5.74) is 0. The Morgan fingerprint density at radius 2 is 1.81 bits per heavy atom. The van der Waals surface area contributed by atoms with Gasteiger partial charge < -0.3 is 36.0 Å². The van der Waals surface area contributed by atoms with Crippen LogP contribution in [0.15, 0.2) is 0 Å². The molecule has 122 valence electrons. The van der Waals surface area contributed by atoms with E-state index in [0.717, 1.165) is 0 Å². The lowest BCUT2D eigenvalue weighted by Gasteiger charge is -2.30. The Labute approximate surface area is 117 Å². The molecule has 0 aromatic carbocycles. The lowest BCUT2D eigenvalue weighted by molar-refractivity contribution is -0.327. The molecule has 2 bridgehead atoms. The zero-order valence-corrected chi connectivity index (χ0v) is 11.2. The van der Waals surface area contributed by atoms with Gasteiger partial charge in [-0.1, -0.05) is 0 Å². The molecule has 3 rings (SSSR count). The SMILES string of the molecule is O=C(NC1OP2(=O)OC1(O)O2)C(O)C(O)C(O)C(O)CO. The Morgan fingerprint density at radius 3 is 2.24 bits per heavy atom. The fraction of sp³-hybridized carbons (Fsp3) is 0.875. The topological polar surface area (TPSA) is 195 Å². The molecule has 3 aliphatic rings. The van der Waals surface area contributed by atoms with Crippen molar-refractivity contribution in [2.24, 2.45) is 0 Å². The van der Waals surface area contributed by atoms with Crippen LogP contribution >= 0.6 is 7.82 Å².